The van der Waals surface area contributed by atoms with Crippen LogP contribution < -0.4 is 4.90 Å². The number of imide groups is 1. The molecule has 2 aliphatic carbocycles. The molecule has 2 bridgehead atoms. The molecule has 3 amide bonds. The van der Waals surface area contributed by atoms with Gasteiger partial charge in [0, 0.05) is 16.3 Å². The van der Waals surface area contributed by atoms with Crippen molar-refractivity contribution in [1.82, 2.24) is 4.90 Å². The number of carbonyl (C=O) groups excluding carboxylic acids is 3. The van der Waals surface area contributed by atoms with Gasteiger partial charge in [-0.2, -0.15) is 13.2 Å². The minimum Gasteiger partial charge on any atom is -0.290 e. The maximum absolute atomic E-state index is 13.3. The van der Waals surface area contributed by atoms with Crippen LogP contribution in [0.2, 0.25) is 5.02 Å². The molecular weight excluding hydrogens is 457 g/mol. The summed E-state index contributed by atoms with van der Waals surface area (Å²) >= 11 is 5.89. The first-order chi connectivity index (χ1) is 15.6. The van der Waals surface area contributed by atoms with Gasteiger partial charge in [-0.15, -0.1) is 0 Å². The molecule has 9 heteroatoms. The molecule has 1 saturated carbocycles. The largest absolute Gasteiger partial charge is 0.416 e. The SMILES string of the molecule is O=C1[C@@H]2[C@@H](C(=O)N1CN(C(=O)c1ccc(Cl)cc1)c1cccc(C(F)(F)F)c1)[C@H]1C=C[C@@H]2C1. The number of amides is 3. The first kappa shape index (κ1) is 21.7. The van der Waals surface area contributed by atoms with Crippen LogP contribution >= 0.6 is 11.6 Å². The summed E-state index contributed by atoms with van der Waals surface area (Å²) < 4.78 is 40.0. The highest BCUT2D eigenvalue weighted by molar-refractivity contribution is 6.30. The number of rotatable bonds is 4. The van der Waals surface area contributed by atoms with E-state index in [2.05, 4.69) is 0 Å². The third kappa shape index (κ3) is 3.62. The summed E-state index contributed by atoms with van der Waals surface area (Å²) in [4.78, 5) is 41.6. The highest BCUT2D eigenvalue weighted by atomic mass is 35.5. The Bertz CT molecular complexity index is 1150. The lowest BCUT2D eigenvalue weighted by Crippen LogP contribution is -2.45. The maximum atomic E-state index is 13.3. The molecule has 4 atom stereocenters. The quantitative estimate of drug-likeness (QED) is 0.474. The smallest absolute Gasteiger partial charge is 0.290 e. The zero-order valence-corrected chi connectivity index (χ0v) is 17.9. The van der Waals surface area contributed by atoms with E-state index in [1.54, 1.807) is 0 Å². The zero-order valence-electron chi connectivity index (χ0n) is 17.1. The van der Waals surface area contributed by atoms with Crippen LogP contribution in [0.15, 0.2) is 60.7 Å². The van der Waals surface area contributed by atoms with Gasteiger partial charge in [0.05, 0.1) is 17.4 Å². The number of alkyl halides is 3. The van der Waals surface area contributed by atoms with Crippen molar-refractivity contribution in [3.63, 3.8) is 0 Å². The van der Waals surface area contributed by atoms with E-state index in [1.165, 1.54) is 36.4 Å². The Labute approximate surface area is 192 Å². The van der Waals surface area contributed by atoms with E-state index in [9.17, 15) is 27.6 Å². The second kappa shape index (κ2) is 7.73. The first-order valence-electron chi connectivity index (χ1n) is 10.4. The lowest BCUT2D eigenvalue weighted by molar-refractivity contribution is -0.141. The summed E-state index contributed by atoms with van der Waals surface area (Å²) in [7, 11) is 0. The van der Waals surface area contributed by atoms with Crippen LogP contribution in [0.4, 0.5) is 18.9 Å². The molecule has 1 saturated heterocycles. The summed E-state index contributed by atoms with van der Waals surface area (Å²) in [6.07, 6.45) is 0.0295. The Morgan fingerprint density at radius 1 is 1.00 bits per heavy atom. The van der Waals surface area contributed by atoms with Crippen molar-refractivity contribution in [2.75, 3.05) is 11.6 Å². The van der Waals surface area contributed by atoms with Crippen molar-refractivity contribution >= 4 is 35.0 Å². The van der Waals surface area contributed by atoms with Crippen LogP contribution in [0.5, 0.6) is 0 Å². The standard InChI is InChI=1S/C24H18ClF3N2O3/c25-17-8-6-13(7-9-17)21(31)29(18-3-1-2-16(11-18)24(26,27)28)12-30-22(32)19-14-4-5-15(10-14)20(19)23(30)33/h1-9,11,14-15,19-20H,10,12H2/t14-,15+,19-,20-/m0/s1. The van der Waals surface area contributed by atoms with Gasteiger partial charge in [0.2, 0.25) is 11.8 Å². The number of likely N-dealkylation sites (tertiary alicyclic amines) is 1. The highest BCUT2D eigenvalue weighted by Crippen LogP contribution is 2.52. The zero-order chi connectivity index (χ0) is 23.5. The second-order valence-electron chi connectivity index (χ2n) is 8.53. The third-order valence-electron chi connectivity index (χ3n) is 6.67. The number of hydrogen-bond acceptors (Lipinski definition) is 3. The van der Waals surface area contributed by atoms with Crippen LogP contribution in [-0.2, 0) is 15.8 Å². The molecule has 1 heterocycles. The van der Waals surface area contributed by atoms with Gasteiger partial charge in [0.1, 0.15) is 6.67 Å². The van der Waals surface area contributed by atoms with Gasteiger partial charge in [-0.3, -0.25) is 24.2 Å². The minimum absolute atomic E-state index is 0.0181. The van der Waals surface area contributed by atoms with Gasteiger partial charge in [0.25, 0.3) is 5.91 Å². The molecule has 3 aliphatic rings. The van der Waals surface area contributed by atoms with Gasteiger partial charge < -0.3 is 0 Å². The van der Waals surface area contributed by atoms with Gasteiger partial charge in [-0.05, 0) is 60.7 Å². The van der Waals surface area contributed by atoms with E-state index in [0.29, 0.717) is 5.02 Å². The first-order valence-corrected chi connectivity index (χ1v) is 10.8. The third-order valence-corrected chi connectivity index (χ3v) is 6.92. The topological polar surface area (TPSA) is 57.7 Å². The number of fused-ring (bicyclic) bond motifs is 5. The lowest BCUT2D eigenvalue weighted by Gasteiger charge is -2.28. The van der Waals surface area contributed by atoms with E-state index in [-0.39, 0.29) is 34.9 Å². The van der Waals surface area contributed by atoms with Crippen LogP contribution in [0.25, 0.3) is 0 Å². The fraction of sp³-hybridized carbons (Fsp3) is 0.292. The number of anilines is 1. The monoisotopic (exact) mass is 474 g/mol. The van der Waals surface area contributed by atoms with Gasteiger partial charge in [0.15, 0.2) is 0 Å². The number of halogens is 4. The Morgan fingerprint density at radius 3 is 2.18 bits per heavy atom. The van der Waals surface area contributed by atoms with Gasteiger partial charge in [-0.25, -0.2) is 0 Å². The number of allylic oxidation sites excluding steroid dienone is 2. The van der Waals surface area contributed by atoms with Crippen LogP contribution in [0.3, 0.4) is 0 Å². The lowest BCUT2D eigenvalue weighted by atomic mass is 9.85. The van der Waals surface area contributed by atoms with Crippen LogP contribution in [-0.4, -0.2) is 29.3 Å². The molecule has 2 fully saturated rings. The number of benzene rings is 2. The van der Waals surface area contributed by atoms with Crippen molar-refractivity contribution in [1.29, 1.82) is 0 Å². The Kier molecular flexibility index (Phi) is 5.08. The van der Waals surface area contributed by atoms with E-state index in [1.807, 2.05) is 12.2 Å². The molecule has 0 N–H and O–H groups in total. The average Bonchev–Trinajstić information content (AvgIpc) is 3.46. The van der Waals surface area contributed by atoms with Crippen LogP contribution in [0.1, 0.15) is 22.3 Å². The van der Waals surface area contributed by atoms with E-state index in [0.717, 1.165) is 28.4 Å². The van der Waals surface area contributed by atoms with Crippen LogP contribution in [0, 0.1) is 23.7 Å². The fourth-order valence-corrected chi connectivity index (χ4v) is 5.23. The predicted molar refractivity (Wildman–Crippen MR) is 114 cm³/mol. The molecule has 0 unspecified atom stereocenters. The molecule has 0 radical (unpaired) electrons. The molecule has 33 heavy (non-hydrogen) atoms. The Hall–Kier alpha value is -3.13. The second-order valence-corrected chi connectivity index (χ2v) is 8.97. The molecule has 2 aromatic carbocycles. The number of carbonyl (C=O) groups is 3. The Balaban J connectivity index is 1.51. The molecule has 0 spiro atoms. The highest BCUT2D eigenvalue weighted by Gasteiger charge is 2.59. The molecule has 170 valence electrons. The Morgan fingerprint density at radius 2 is 1.61 bits per heavy atom. The maximum Gasteiger partial charge on any atom is 0.416 e. The number of hydrogen-bond donors (Lipinski definition) is 0. The van der Waals surface area contributed by atoms with Crippen molar-refractivity contribution in [3.05, 3.63) is 76.8 Å². The molecule has 5 nitrogen and oxygen atoms in total. The van der Waals surface area contributed by atoms with Crippen molar-refractivity contribution < 1.29 is 27.6 Å². The molecule has 1 aliphatic heterocycles. The number of nitrogens with zero attached hydrogens (tertiary/aromatic N) is 2. The van der Waals surface area contributed by atoms with Gasteiger partial charge >= 0.3 is 6.18 Å². The van der Waals surface area contributed by atoms with E-state index >= 15 is 0 Å². The van der Waals surface area contributed by atoms with Crippen molar-refractivity contribution in [2.24, 2.45) is 23.7 Å². The molecule has 0 aromatic heterocycles. The molecular formula is C24H18ClF3N2O3. The molecule has 2 aromatic rings. The minimum atomic E-state index is -4.62. The van der Waals surface area contributed by atoms with Crippen molar-refractivity contribution in [2.45, 2.75) is 12.6 Å². The normalized spacial score (nSPS) is 25.6. The summed E-state index contributed by atoms with van der Waals surface area (Å²) in [5.74, 6) is -2.40. The van der Waals surface area contributed by atoms with Crippen molar-refractivity contribution in [3.8, 4) is 0 Å². The summed E-state index contributed by atoms with van der Waals surface area (Å²) in [5, 5.41) is 0.387. The van der Waals surface area contributed by atoms with E-state index in [4.69, 9.17) is 11.6 Å². The van der Waals surface area contributed by atoms with Gasteiger partial charge in [-0.1, -0.05) is 29.8 Å². The summed E-state index contributed by atoms with van der Waals surface area (Å²) in [5.41, 5.74) is -0.839. The molecule has 5 rings (SSSR count). The fourth-order valence-electron chi connectivity index (χ4n) is 5.11. The van der Waals surface area contributed by atoms with E-state index < -0.39 is 36.2 Å². The summed E-state index contributed by atoms with van der Waals surface area (Å²) in [6.45, 7) is -0.465. The average molecular weight is 475 g/mol. The predicted octanol–water partition coefficient (Wildman–Crippen LogP) is 4.77. The summed E-state index contributed by atoms with van der Waals surface area (Å²) in [6, 6.07) is 10.1.